The molecule has 0 unspecified atom stereocenters. The SMILES string of the molecule is O=C1C(Cl)=C(Cl)C(=O)N1c1ccc(OC(F)=C(F)C(F)(F)C(F)(F)C(F)(F)C(F)(F)C(F)(F)C(F)(F)C(F)(F)F)cc1N1C(=O)C(Cl)=C(Cl)C1=O. The lowest BCUT2D eigenvalue weighted by molar-refractivity contribution is -0.451. The summed E-state index contributed by atoms with van der Waals surface area (Å²) in [6.45, 7) is 0. The van der Waals surface area contributed by atoms with Crippen LogP contribution in [0.3, 0.4) is 0 Å². The topological polar surface area (TPSA) is 84.0 Å². The van der Waals surface area contributed by atoms with E-state index in [-0.39, 0.29) is 28.0 Å². The van der Waals surface area contributed by atoms with Crippen LogP contribution in [0.1, 0.15) is 0 Å². The highest BCUT2D eigenvalue weighted by atomic mass is 35.5. The summed E-state index contributed by atoms with van der Waals surface area (Å²) < 4.78 is 234. The van der Waals surface area contributed by atoms with Crippen molar-refractivity contribution in [1.82, 2.24) is 0 Å². The van der Waals surface area contributed by atoms with Crippen LogP contribution in [0.15, 0.2) is 50.2 Å². The average Bonchev–Trinajstić information content (AvgIpc) is 3.32. The first-order valence-corrected chi connectivity index (χ1v) is 13.3. The normalized spacial score (nSPS) is 18.1. The summed E-state index contributed by atoms with van der Waals surface area (Å²) in [5.74, 6) is -63.7. The van der Waals surface area contributed by atoms with E-state index in [1.807, 2.05) is 0 Å². The second-order valence-electron chi connectivity index (χ2n) is 9.43. The number of anilines is 2. The Morgan fingerprint density at radius 3 is 1.22 bits per heavy atom. The number of hydrogen-bond donors (Lipinski definition) is 0. The van der Waals surface area contributed by atoms with E-state index < -0.39 is 114 Å². The number of halogens is 21. The van der Waals surface area contributed by atoms with Crippen molar-refractivity contribution in [3.63, 3.8) is 0 Å². The van der Waals surface area contributed by atoms with Gasteiger partial charge in [0.1, 0.15) is 25.9 Å². The van der Waals surface area contributed by atoms with Gasteiger partial charge in [0, 0.05) is 6.07 Å². The van der Waals surface area contributed by atoms with Crippen LogP contribution in [0.5, 0.6) is 5.75 Å². The fraction of sp³-hybridized carbons (Fsp3) is 0.304. The van der Waals surface area contributed by atoms with Crippen molar-refractivity contribution in [2.24, 2.45) is 0 Å². The molecule has 0 aliphatic carbocycles. The third-order valence-electron chi connectivity index (χ3n) is 6.36. The maximum Gasteiger partial charge on any atom is 0.460 e. The Balaban J connectivity index is 2.15. The Morgan fingerprint density at radius 2 is 0.843 bits per heavy atom. The van der Waals surface area contributed by atoms with Gasteiger partial charge in [-0.05, 0) is 12.1 Å². The van der Waals surface area contributed by atoms with Crippen molar-refractivity contribution in [3.8, 4) is 5.75 Å². The molecule has 51 heavy (non-hydrogen) atoms. The highest BCUT2D eigenvalue weighted by Gasteiger charge is 2.94. The monoisotopic (exact) mass is 850 g/mol. The molecule has 0 N–H and O–H groups in total. The first-order chi connectivity index (χ1) is 22.7. The fourth-order valence-corrected chi connectivity index (χ4v) is 4.36. The molecule has 3 rings (SSSR count). The predicted molar refractivity (Wildman–Crippen MR) is 134 cm³/mol. The number of allylic oxidation sites excluding steroid dienone is 1. The maximum absolute atomic E-state index is 14.4. The number of imide groups is 2. The van der Waals surface area contributed by atoms with Gasteiger partial charge in [0.25, 0.3) is 23.6 Å². The second kappa shape index (κ2) is 12.6. The van der Waals surface area contributed by atoms with E-state index in [1.54, 1.807) is 0 Å². The van der Waals surface area contributed by atoms with Crippen molar-refractivity contribution >= 4 is 81.4 Å². The number of benzene rings is 1. The van der Waals surface area contributed by atoms with Gasteiger partial charge in [-0.15, -0.1) is 0 Å². The van der Waals surface area contributed by atoms with Gasteiger partial charge in [0.15, 0.2) is 0 Å². The third kappa shape index (κ3) is 5.84. The number of nitrogens with zero attached hydrogens (tertiary/aromatic N) is 2. The van der Waals surface area contributed by atoms with Crippen molar-refractivity contribution in [2.75, 3.05) is 9.80 Å². The van der Waals surface area contributed by atoms with Gasteiger partial charge < -0.3 is 4.74 Å². The zero-order valence-electron chi connectivity index (χ0n) is 22.6. The summed E-state index contributed by atoms with van der Waals surface area (Å²) in [7, 11) is 0. The van der Waals surface area contributed by atoms with Gasteiger partial charge in [-0.3, -0.25) is 19.2 Å². The van der Waals surface area contributed by atoms with Gasteiger partial charge >= 0.3 is 47.7 Å². The zero-order chi connectivity index (χ0) is 40.0. The smallest absolute Gasteiger partial charge is 0.430 e. The van der Waals surface area contributed by atoms with Crippen LogP contribution in [0.2, 0.25) is 0 Å². The summed E-state index contributed by atoms with van der Waals surface area (Å²) >= 11 is 22.2. The molecule has 4 amide bonds. The Bertz CT molecular complexity index is 1790. The molecule has 2 aliphatic heterocycles. The molecular formula is C23H3Cl4F17N2O5. The maximum atomic E-state index is 14.4. The first kappa shape index (κ1) is 41.9. The lowest BCUT2D eigenvalue weighted by Gasteiger charge is -2.41. The molecule has 2 aliphatic rings. The average molecular weight is 852 g/mol. The molecule has 1 aromatic rings. The summed E-state index contributed by atoms with van der Waals surface area (Å²) in [5, 5.41) is -4.24. The standard InChI is InChI=1S/C23H3Cl4F17N2O5/c24-7-8(25)14(48)45(13(7)47)5-2-1-4(3-6(5)46-15(49)9(26)10(27)16(46)50)51-12(29)11(28)17(30,31)18(32,33)19(34,35)20(36,37)21(38,39)22(40,41)23(42,43)44/h1-3H. The molecule has 0 radical (unpaired) electrons. The molecule has 0 saturated heterocycles. The summed E-state index contributed by atoms with van der Waals surface area (Å²) in [6, 6.07) is -3.49. The Labute approximate surface area is 287 Å². The molecule has 28 heteroatoms. The highest BCUT2D eigenvalue weighted by Crippen LogP contribution is 2.63. The molecule has 0 bridgehead atoms. The summed E-state index contributed by atoms with van der Waals surface area (Å²) in [6.07, 6.45) is -7.91. The molecule has 7 nitrogen and oxygen atoms in total. The fourth-order valence-electron chi connectivity index (χ4n) is 3.70. The number of rotatable bonds is 10. The second-order valence-corrected chi connectivity index (χ2v) is 10.9. The van der Waals surface area contributed by atoms with Crippen LogP contribution in [-0.2, 0) is 19.2 Å². The summed E-state index contributed by atoms with van der Waals surface area (Å²) in [4.78, 5) is 49.8. The minimum absolute atomic E-state index is 0.0167. The minimum atomic E-state index is -8.81. The van der Waals surface area contributed by atoms with E-state index in [9.17, 15) is 93.8 Å². The van der Waals surface area contributed by atoms with Crippen molar-refractivity contribution in [2.45, 2.75) is 41.7 Å². The van der Waals surface area contributed by atoms with Gasteiger partial charge in [0.05, 0.1) is 11.4 Å². The summed E-state index contributed by atoms with van der Waals surface area (Å²) in [5.41, 5.74) is -2.26. The van der Waals surface area contributed by atoms with E-state index in [2.05, 4.69) is 4.74 Å². The molecule has 0 fully saturated rings. The van der Waals surface area contributed by atoms with Gasteiger partial charge in [0.2, 0.25) is 5.83 Å². The number of hydrogen-bond acceptors (Lipinski definition) is 5. The van der Waals surface area contributed by atoms with E-state index in [0.29, 0.717) is 0 Å². The lowest BCUT2D eigenvalue weighted by Crippen LogP contribution is -2.72. The van der Waals surface area contributed by atoms with Gasteiger partial charge in [-0.1, -0.05) is 46.4 Å². The van der Waals surface area contributed by atoms with Crippen LogP contribution in [0.25, 0.3) is 0 Å². The molecule has 2 heterocycles. The molecule has 0 atom stereocenters. The van der Waals surface area contributed by atoms with Crippen LogP contribution in [0, 0.1) is 0 Å². The van der Waals surface area contributed by atoms with Crippen LogP contribution in [0.4, 0.5) is 86.0 Å². The van der Waals surface area contributed by atoms with Crippen LogP contribution in [-0.4, -0.2) is 65.3 Å². The van der Waals surface area contributed by atoms with E-state index in [0.717, 1.165) is 0 Å². The highest BCUT2D eigenvalue weighted by molar-refractivity contribution is 6.64. The van der Waals surface area contributed by atoms with E-state index in [1.165, 1.54) is 0 Å². The van der Waals surface area contributed by atoms with E-state index >= 15 is 0 Å². The van der Waals surface area contributed by atoms with Crippen molar-refractivity contribution < 1.29 is 98.6 Å². The number of carbonyl (C=O) groups is 4. The third-order valence-corrected chi connectivity index (χ3v) is 7.96. The minimum Gasteiger partial charge on any atom is -0.430 e. The Hall–Kier alpha value is -3.51. The Morgan fingerprint density at radius 1 is 0.510 bits per heavy atom. The predicted octanol–water partition coefficient (Wildman–Crippen LogP) is 8.67. The zero-order valence-corrected chi connectivity index (χ0v) is 25.6. The Kier molecular flexibility index (Phi) is 10.3. The molecule has 1 aromatic carbocycles. The molecule has 0 aromatic heterocycles. The molecule has 282 valence electrons. The van der Waals surface area contributed by atoms with E-state index in [4.69, 9.17) is 46.4 Å². The molecule has 0 saturated carbocycles. The largest absolute Gasteiger partial charge is 0.460 e. The first-order valence-electron chi connectivity index (χ1n) is 11.8. The van der Waals surface area contributed by atoms with Crippen molar-refractivity contribution in [1.29, 1.82) is 0 Å². The number of alkyl halides is 15. The van der Waals surface area contributed by atoms with Gasteiger partial charge in [-0.2, -0.15) is 74.6 Å². The molecule has 0 spiro atoms. The number of carbonyl (C=O) groups excluding carboxylic acids is 4. The van der Waals surface area contributed by atoms with Gasteiger partial charge in [-0.25, -0.2) is 9.80 Å². The molecular weight excluding hydrogens is 849 g/mol. The van der Waals surface area contributed by atoms with Crippen LogP contribution < -0.4 is 14.5 Å². The number of amides is 4. The van der Waals surface area contributed by atoms with Crippen molar-refractivity contribution in [3.05, 3.63) is 50.2 Å². The quantitative estimate of drug-likeness (QED) is 0.134. The number of ether oxygens (including phenoxy) is 1. The van der Waals surface area contributed by atoms with Crippen LogP contribution >= 0.6 is 46.4 Å². The lowest BCUT2D eigenvalue weighted by atomic mass is 9.91.